The first kappa shape index (κ1) is 18.1. The highest BCUT2D eigenvalue weighted by atomic mass is 79.9. The fraction of sp³-hybridized carbons (Fsp3) is 0.158. The number of nitrogens with one attached hydrogen (secondary N) is 1. The number of benzene rings is 2. The maximum absolute atomic E-state index is 14.0. The largest absolute Gasteiger partial charge is 0.378 e. The average molecular weight is 417 g/mol. The number of hydrogen-bond acceptors (Lipinski definition) is 3. The molecular weight excluding hydrogens is 399 g/mol. The van der Waals surface area contributed by atoms with E-state index in [-0.39, 0.29) is 5.56 Å². The van der Waals surface area contributed by atoms with Gasteiger partial charge in [0.2, 0.25) is 0 Å². The van der Waals surface area contributed by atoms with Gasteiger partial charge < -0.3 is 10.2 Å². The summed E-state index contributed by atoms with van der Waals surface area (Å²) < 4.78 is 16.2. The normalized spacial score (nSPS) is 10.6. The monoisotopic (exact) mass is 416 g/mol. The van der Waals surface area contributed by atoms with Crippen LogP contribution in [0.4, 0.5) is 15.9 Å². The Morgan fingerprint density at radius 1 is 1.19 bits per heavy atom. The predicted molar refractivity (Wildman–Crippen MR) is 104 cm³/mol. The lowest BCUT2D eigenvalue weighted by Gasteiger charge is -2.13. The van der Waals surface area contributed by atoms with E-state index in [2.05, 4.69) is 26.3 Å². The van der Waals surface area contributed by atoms with Gasteiger partial charge in [0.25, 0.3) is 5.91 Å². The minimum absolute atomic E-state index is 0.0173. The van der Waals surface area contributed by atoms with Crippen LogP contribution in [-0.4, -0.2) is 29.8 Å². The number of hydrogen-bond donors (Lipinski definition) is 1. The molecule has 0 aliphatic heterocycles. The summed E-state index contributed by atoms with van der Waals surface area (Å²) in [5.74, 6) is -0.587. The summed E-state index contributed by atoms with van der Waals surface area (Å²) in [4.78, 5) is 14.4. The van der Waals surface area contributed by atoms with Gasteiger partial charge in [-0.05, 0) is 35.9 Å². The van der Waals surface area contributed by atoms with E-state index in [1.54, 1.807) is 23.0 Å². The van der Waals surface area contributed by atoms with Crippen molar-refractivity contribution in [3.63, 3.8) is 0 Å². The molecule has 0 atom stereocenters. The molecule has 2 aromatic carbocycles. The van der Waals surface area contributed by atoms with E-state index in [1.165, 1.54) is 12.1 Å². The Morgan fingerprint density at radius 2 is 1.92 bits per heavy atom. The van der Waals surface area contributed by atoms with Crippen LogP contribution in [0.5, 0.6) is 0 Å². The summed E-state index contributed by atoms with van der Waals surface area (Å²) in [6.45, 7) is 0.499. The van der Waals surface area contributed by atoms with Crippen molar-refractivity contribution in [1.82, 2.24) is 9.78 Å². The molecule has 7 heteroatoms. The molecule has 5 nitrogen and oxygen atoms in total. The second-order valence-electron chi connectivity index (χ2n) is 6.01. The first-order valence-corrected chi connectivity index (χ1v) is 8.78. The van der Waals surface area contributed by atoms with Crippen LogP contribution in [0.2, 0.25) is 0 Å². The summed E-state index contributed by atoms with van der Waals surface area (Å²) in [7, 11) is 3.97. The molecule has 0 spiro atoms. The predicted octanol–water partition coefficient (Wildman–Crippen LogP) is 4.15. The van der Waals surface area contributed by atoms with Crippen molar-refractivity contribution in [2.45, 2.75) is 6.54 Å². The van der Waals surface area contributed by atoms with Crippen molar-refractivity contribution in [1.29, 1.82) is 0 Å². The summed E-state index contributed by atoms with van der Waals surface area (Å²) in [6.07, 6.45) is 1.60. The van der Waals surface area contributed by atoms with Crippen LogP contribution in [-0.2, 0) is 6.54 Å². The number of rotatable bonds is 5. The van der Waals surface area contributed by atoms with Gasteiger partial charge in [-0.2, -0.15) is 5.10 Å². The minimum Gasteiger partial charge on any atom is -0.378 e. The minimum atomic E-state index is -0.581. The molecule has 0 bridgehead atoms. The Hall–Kier alpha value is -2.67. The Bertz CT molecular complexity index is 922. The van der Waals surface area contributed by atoms with E-state index < -0.39 is 11.7 Å². The number of nitrogens with zero attached hydrogens (tertiary/aromatic N) is 3. The van der Waals surface area contributed by atoms with Crippen molar-refractivity contribution in [2.75, 3.05) is 24.3 Å². The maximum atomic E-state index is 14.0. The molecule has 134 valence electrons. The smallest absolute Gasteiger partial charge is 0.259 e. The topological polar surface area (TPSA) is 50.2 Å². The second-order valence-corrected chi connectivity index (χ2v) is 6.93. The van der Waals surface area contributed by atoms with Crippen LogP contribution < -0.4 is 10.2 Å². The summed E-state index contributed by atoms with van der Waals surface area (Å²) in [6, 6.07) is 14.1. The van der Waals surface area contributed by atoms with E-state index in [4.69, 9.17) is 0 Å². The Balaban J connectivity index is 1.75. The molecule has 1 N–H and O–H groups in total. The van der Waals surface area contributed by atoms with Gasteiger partial charge in [-0.1, -0.05) is 28.1 Å². The lowest BCUT2D eigenvalue weighted by atomic mass is 10.2. The zero-order valence-electron chi connectivity index (χ0n) is 14.4. The molecule has 0 aliphatic carbocycles. The molecule has 1 amide bonds. The van der Waals surface area contributed by atoms with Crippen LogP contribution in [0.25, 0.3) is 0 Å². The van der Waals surface area contributed by atoms with Crippen molar-refractivity contribution in [3.8, 4) is 0 Å². The van der Waals surface area contributed by atoms with Gasteiger partial charge in [0.05, 0.1) is 18.3 Å². The van der Waals surface area contributed by atoms with E-state index in [1.807, 2.05) is 43.3 Å². The molecule has 0 saturated heterocycles. The molecule has 1 aromatic heterocycles. The molecule has 3 aromatic rings. The summed E-state index contributed by atoms with van der Waals surface area (Å²) in [5, 5.41) is 6.96. The zero-order valence-corrected chi connectivity index (χ0v) is 16.0. The molecule has 0 radical (unpaired) electrons. The first-order chi connectivity index (χ1) is 12.4. The molecular formula is C19H18BrFN4O. The van der Waals surface area contributed by atoms with E-state index in [9.17, 15) is 9.18 Å². The van der Waals surface area contributed by atoms with Crippen LogP contribution >= 0.6 is 15.9 Å². The molecule has 0 fully saturated rings. The number of carbonyl (C=O) groups is 1. The lowest BCUT2D eigenvalue weighted by molar-refractivity contribution is 0.102. The van der Waals surface area contributed by atoms with E-state index >= 15 is 0 Å². The van der Waals surface area contributed by atoms with E-state index in [0.29, 0.717) is 16.8 Å². The molecule has 3 rings (SSSR count). The average Bonchev–Trinajstić information content (AvgIpc) is 3.02. The summed E-state index contributed by atoms with van der Waals surface area (Å²) in [5.41, 5.74) is 2.13. The zero-order chi connectivity index (χ0) is 18.7. The highest BCUT2D eigenvalue weighted by molar-refractivity contribution is 9.10. The van der Waals surface area contributed by atoms with Crippen molar-refractivity contribution < 1.29 is 9.18 Å². The van der Waals surface area contributed by atoms with Gasteiger partial charge in [-0.15, -0.1) is 0 Å². The fourth-order valence-electron chi connectivity index (χ4n) is 2.49. The van der Waals surface area contributed by atoms with Crippen molar-refractivity contribution >= 4 is 33.3 Å². The first-order valence-electron chi connectivity index (χ1n) is 7.98. The number of halogens is 2. The Morgan fingerprint density at radius 3 is 2.58 bits per heavy atom. The molecule has 0 aliphatic rings. The standard InChI is InChI=1S/C19H18BrFN4O/c1-24(2)15-6-3-13(4-7-15)12-25-18(9-10-22-25)23-19(26)16-8-5-14(20)11-17(16)21/h3-11H,12H2,1-2H3,(H,23,26). The highest BCUT2D eigenvalue weighted by Crippen LogP contribution is 2.18. The number of amides is 1. The number of aromatic nitrogens is 2. The fourth-order valence-corrected chi connectivity index (χ4v) is 2.83. The maximum Gasteiger partial charge on any atom is 0.259 e. The van der Waals surface area contributed by atoms with Crippen LogP contribution in [0.1, 0.15) is 15.9 Å². The van der Waals surface area contributed by atoms with Crippen LogP contribution in [0.3, 0.4) is 0 Å². The number of carbonyl (C=O) groups excluding carboxylic acids is 1. The molecule has 0 unspecified atom stereocenters. The Labute approximate surface area is 159 Å². The van der Waals surface area contributed by atoms with Gasteiger partial charge in [0, 0.05) is 30.3 Å². The quantitative estimate of drug-likeness (QED) is 0.679. The lowest BCUT2D eigenvalue weighted by Crippen LogP contribution is -2.17. The molecule has 26 heavy (non-hydrogen) atoms. The number of anilines is 2. The van der Waals surface area contributed by atoms with Crippen molar-refractivity contribution in [3.05, 3.63) is 76.1 Å². The van der Waals surface area contributed by atoms with Gasteiger partial charge in [0.1, 0.15) is 11.6 Å². The van der Waals surface area contributed by atoms with Crippen LogP contribution in [0, 0.1) is 5.82 Å². The van der Waals surface area contributed by atoms with Gasteiger partial charge >= 0.3 is 0 Å². The third-order valence-corrected chi connectivity index (χ3v) is 4.41. The third-order valence-electron chi connectivity index (χ3n) is 3.92. The highest BCUT2D eigenvalue weighted by Gasteiger charge is 2.14. The van der Waals surface area contributed by atoms with E-state index in [0.717, 1.165) is 11.3 Å². The molecule has 1 heterocycles. The Kier molecular flexibility index (Phi) is 5.37. The van der Waals surface area contributed by atoms with Crippen LogP contribution in [0.15, 0.2) is 59.2 Å². The second kappa shape index (κ2) is 7.70. The van der Waals surface area contributed by atoms with Crippen molar-refractivity contribution in [2.24, 2.45) is 0 Å². The SMILES string of the molecule is CN(C)c1ccc(Cn2nccc2NC(=O)c2ccc(Br)cc2F)cc1. The molecule has 0 saturated carbocycles. The van der Waals surface area contributed by atoms with Gasteiger partial charge in [-0.25, -0.2) is 9.07 Å². The van der Waals surface area contributed by atoms with Gasteiger partial charge in [-0.3, -0.25) is 4.79 Å². The summed E-state index contributed by atoms with van der Waals surface area (Å²) >= 11 is 3.18. The third kappa shape index (κ3) is 4.11. The van der Waals surface area contributed by atoms with Gasteiger partial charge in [0.15, 0.2) is 0 Å².